The highest BCUT2D eigenvalue weighted by atomic mass is 15.2. The van der Waals surface area contributed by atoms with Crippen LogP contribution in [0.1, 0.15) is 0 Å². The number of nitrogens with zero attached hydrogens (tertiary/aromatic N) is 6. The first kappa shape index (κ1) is 59.5. The number of benzene rings is 16. The second kappa shape index (κ2) is 23.7. The summed E-state index contributed by atoms with van der Waals surface area (Å²) in [7, 11) is 0. The van der Waals surface area contributed by atoms with Gasteiger partial charge in [0, 0.05) is 57.1 Å². The quantitative estimate of drug-likeness (QED) is 0.129. The van der Waals surface area contributed by atoms with Crippen molar-refractivity contribution in [3.63, 3.8) is 0 Å². The van der Waals surface area contributed by atoms with E-state index in [2.05, 4.69) is 343 Å². The molecule has 0 saturated carbocycles. The van der Waals surface area contributed by atoms with E-state index in [1.807, 2.05) is 30.9 Å². The molecule has 16 aromatic carbocycles. The van der Waals surface area contributed by atoms with Crippen LogP contribution in [0.25, 0.3) is 187 Å². The summed E-state index contributed by atoms with van der Waals surface area (Å²) in [5.74, 6) is 0. The second-order valence-electron chi connectivity index (χ2n) is 27.8. The van der Waals surface area contributed by atoms with Crippen molar-refractivity contribution >= 4 is 121 Å². The number of pyridine rings is 4. The molecule has 0 aliphatic heterocycles. The van der Waals surface area contributed by atoms with Gasteiger partial charge in [0.1, 0.15) is 0 Å². The van der Waals surface area contributed by atoms with Gasteiger partial charge in [-0.15, -0.1) is 0 Å². The maximum absolute atomic E-state index is 5.30. The summed E-state index contributed by atoms with van der Waals surface area (Å²) in [5, 5.41) is 13.8. The zero-order chi connectivity index (χ0) is 69.5. The van der Waals surface area contributed by atoms with Gasteiger partial charge in [0.25, 0.3) is 0 Å². The summed E-state index contributed by atoms with van der Waals surface area (Å²) >= 11 is 0. The van der Waals surface area contributed by atoms with Crippen LogP contribution >= 0.6 is 0 Å². The van der Waals surface area contributed by atoms with Crippen LogP contribution in [0.5, 0.6) is 0 Å². The average molecular weight is 1350 g/mol. The minimum absolute atomic E-state index is 0.886. The van der Waals surface area contributed by atoms with Crippen LogP contribution in [0.2, 0.25) is 0 Å². The Morgan fingerprint density at radius 3 is 0.943 bits per heavy atom. The number of aromatic nitrogens is 4. The van der Waals surface area contributed by atoms with Crippen LogP contribution in [-0.4, -0.2) is 19.9 Å². The molecule has 0 fully saturated rings. The Morgan fingerprint density at radius 1 is 0.160 bits per heavy atom. The van der Waals surface area contributed by atoms with Gasteiger partial charge in [-0.3, -0.25) is 19.9 Å². The van der Waals surface area contributed by atoms with Gasteiger partial charge < -0.3 is 9.80 Å². The van der Waals surface area contributed by atoms with Crippen molar-refractivity contribution in [1.29, 1.82) is 0 Å². The Hall–Kier alpha value is -14.2. The summed E-state index contributed by atoms with van der Waals surface area (Å²) < 4.78 is 0. The number of para-hydroxylation sites is 2. The van der Waals surface area contributed by atoms with Gasteiger partial charge in [-0.1, -0.05) is 261 Å². The van der Waals surface area contributed by atoms with E-state index < -0.39 is 0 Å². The Kier molecular flexibility index (Phi) is 13.3. The van der Waals surface area contributed by atoms with Gasteiger partial charge in [-0.25, -0.2) is 0 Å². The van der Waals surface area contributed by atoms with E-state index in [0.717, 1.165) is 111 Å². The smallest absolute Gasteiger partial charge is 0.0729 e. The molecule has 22 rings (SSSR count). The summed E-state index contributed by atoms with van der Waals surface area (Å²) in [5.41, 5.74) is 31.6. The van der Waals surface area contributed by atoms with Gasteiger partial charge in [0.05, 0.1) is 56.2 Å². The van der Waals surface area contributed by atoms with Gasteiger partial charge in [-0.2, -0.15) is 0 Å². The fraction of sp³-hybridized carbons (Fsp3) is 0. The third-order valence-corrected chi connectivity index (χ3v) is 22.3. The Bertz CT molecular complexity index is 6890. The molecule has 0 unspecified atom stereocenters. The lowest BCUT2D eigenvalue weighted by molar-refractivity contribution is 1.29. The van der Waals surface area contributed by atoms with Gasteiger partial charge in [0.2, 0.25) is 0 Å². The number of hydrogen-bond donors (Lipinski definition) is 0. The number of rotatable bonds is 11. The molecule has 6 heteroatoms. The molecule has 0 radical (unpaired) electrons. The Balaban J connectivity index is 0.744. The van der Waals surface area contributed by atoms with Gasteiger partial charge in [-0.05, 0) is 211 Å². The van der Waals surface area contributed by atoms with E-state index >= 15 is 0 Å². The largest absolute Gasteiger partial charge is 0.308 e. The van der Waals surface area contributed by atoms with Crippen LogP contribution < -0.4 is 9.80 Å². The molecule has 2 aliphatic rings. The fourth-order valence-electron chi connectivity index (χ4n) is 17.9. The fourth-order valence-corrected chi connectivity index (χ4v) is 17.9. The van der Waals surface area contributed by atoms with E-state index in [-0.39, 0.29) is 0 Å². The van der Waals surface area contributed by atoms with E-state index in [1.165, 1.54) is 110 Å². The van der Waals surface area contributed by atoms with E-state index in [1.54, 1.807) is 0 Å². The summed E-state index contributed by atoms with van der Waals surface area (Å²) in [6.07, 6.45) is 7.76. The SMILES string of the molecule is c1ccc(-c2c3c(c(-c4ccccc4)c4ccccc24)-c2ccc(N(c4ccnc5ccccc45)c4ccnc5cc(-c6ccc7c(-c8ccccc8)c8c(c(-c9ccccc9)c7c6)-c6cccc7c(N(c9cccc%10ncccc9%10)c9ccnc%10ccccc9%10)ccc-8c67)ccc45)c4cccc-3c24)cc1. The molecule has 0 N–H and O–H groups in total. The molecule has 4 heterocycles. The normalized spacial score (nSPS) is 12.0. The lowest BCUT2D eigenvalue weighted by Crippen LogP contribution is -2.12. The highest BCUT2D eigenvalue weighted by Crippen LogP contribution is 2.62. The predicted octanol–water partition coefficient (Wildman–Crippen LogP) is 27.1. The molecule has 0 amide bonds. The summed E-state index contributed by atoms with van der Waals surface area (Å²) in [6, 6.07) is 125. The van der Waals surface area contributed by atoms with Crippen molar-refractivity contribution in [2.75, 3.05) is 9.80 Å². The van der Waals surface area contributed by atoms with Crippen molar-refractivity contribution in [2.45, 2.75) is 0 Å². The summed E-state index contributed by atoms with van der Waals surface area (Å²) in [6.45, 7) is 0. The molecule has 20 aromatic rings. The lowest BCUT2D eigenvalue weighted by atomic mass is 9.82. The molecule has 106 heavy (non-hydrogen) atoms. The molecular formula is C100H60N6. The first-order chi connectivity index (χ1) is 52.7. The predicted molar refractivity (Wildman–Crippen MR) is 443 cm³/mol. The Labute approximate surface area is 611 Å². The van der Waals surface area contributed by atoms with E-state index in [4.69, 9.17) is 19.9 Å². The highest BCUT2D eigenvalue weighted by molar-refractivity contribution is 6.32. The van der Waals surface area contributed by atoms with Crippen LogP contribution in [0.3, 0.4) is 0 Å². The molecule has 6 nitrogen and oxygen atoms in total. The number of hydrogen-bond acceptors (Lipinski definition) is 6. The maximum atomic E-state index is 5.30. The summed E-state index contributed by atoms with van der Waals surface area (Å²) in [4.78, 5) is 24.9. The van der Waals surface area contributed by atoms with Crippen LogP contribution in [0.4, 0.5) is 34.1 Å². The lowest BCUT2D eigenvalue weighted by Gasteiger charge is -2.29. The number of anilines is 6. The molecule has 0 atom stereocenters. The van der Waals surface area contributed by atoms with E-state index in [0.29, 0.717) is 0 Å². The van der Waals surface area contributed by atoms with Crippen molar-refractivity contribution in [2.24, 2.45) is 0 Å². The third-order valence-electron chi connectivity index (χ3n) is 22.3. The molecule has 0 bridgehead atoms. The van der Waals surface area contributed by atoms with Crippen molar-refractivity contribution in [3.05, 3.63) is 365 Å². The minimum Gasteiger partial charge on any atom is -0.308 e. The van der Waals surface area contributed by atoms with Crippen LogP contribution in [0, 0.1) is 0 Å². The number of fused-ring (bicyclic) bond motifs is 12. The van der Waals surface area contributed by atoms with Crippen molar-refractivity contribution in [3.8, 4) is 100 Å². The van der Waals surface area contributed by atoms with Gasteiger partial charge >= 0.3 is 0 Å². The first-order valence-corrected chi connectivity index (χ1v) is 36.2. The second-order valence-corrected chi connectivity index (χ2v) is 27.8. The monoisotopic (exact) mass is 1340 g/mol. The van der Waals surface area contributed by atoms with Crippen molar-refractivity contribution < 1.29 is 0 Å². The first-order valence-electron chi connectivity index (χ1n) is 36.2. The minimum atomic E-state index is 0.886. The molecule has 490 valence electrons. The molecule has 0 saturated heterocycles. The molecular weight excluding hydrogens is 1290 g/mol. The highest BCUT2D eigenvalue weighted by Gasteiger charge is 2.36. The topological polar surface area (TPSA) is 58.0 Å². The van der Waals surface area contributed by atoms with E-state index in [9.17, 15) is 0 Å². The maximum Gasteiger partial charge on any atom is 0.0729 e. The molecule has 2 aliphatic carbocycles. The van der Waals surface area contributed by atoms with Crippen LogP contribution in [0.15, 0.2) is 365 Å². The standard InChI is InChI=1S/C100H60N6/c1-5-23-61(24-6-1)91-67-31-13-14-32-68(67)92(62-25-7-2-8-26-62)99-78-49-51-87(75-36-19-37-76(95(75)78)97(91)99)106(89-53-57-103-82-41-18-16-34-71(82)89)90-54-58-104-84-60-66(45-47-73(84)90)65-44-46-69-80(59-65)94(64-29-11-4-12-30-64)98-77-38-20-35-74-86(50-48-79(96(74)77)100(98)93(69)63-27-9-3-10-28-63)105(85-43-21-42-83-72(85)39-22-55-101-83)88-52-56-102-81-40-17-15-33-70(81)88/h1-60H. The molecule has 4 aromatic heterocycles. The van der Waals surface area contributed by atoms with Crippen molar-refractivity contribution in [1.82, 2.24) is 19.9 Å². The van der Waals surface area contributed by atoms with Gasteiger partial charge in [0.15, 0.2) is 0 Å². The zero-order valence-electron chi connectivity index (χ0n) is 57.3. The van der Waals surface area contributed by atoms with Crippen LogP contribution in [-0.2, 0) is 0 Å². The molecule has 0 spiro atoms. The third kappa shape index (κ3) is 8.92. The average Bonchev–Trinajstić information content (AvgIpc) is 1.54. The zero-order valence-corrected chi connectivity index (χ0v) is 57.3. The Morgan fingerprint density at radius 2 is 0.472 bits per heavy atom.